The molecule has 1 heterocycles. The van der Waals surface area contributed by atoms with Crippen LogP contribution in [0.1, 0.15) is 6.42 Å². The van der Waals surface area contributed by atoms with Gasteiger partial charge in [-0.1, -0.05) is 0 Å². The van der Waals surface area contributed by atoms with E-state index in [1.165, 1.54) is 0 Å². The van der Waals surface area contributed by atoms with Crippen LogP contribution < -0.4 is 5.32 Å². The van der Waals surface area contributed by atoms with Gasteiger partial charge in [-0.15, -0.1) is 0 Å². The van der Waals surface area contributed by atoms with Crippen molar-refractivity contribution in [3.05, 3.63) is 0 Å². The number of amides is 2. The Hall–Kier alpha value is -1.18. The van der Waals surface area contributed by atoms with Crippen LogP contribution in [0.2, 0.25) is 0 Å². The first-order chi connectivity index (χ1) is 9.42. The highest BCUT2D eigenvalue weighted by Gasteiger charge is 2.38. The van der Waals surface area contributed by atoms with E-state index in [0.717, 1.165) is 0 Å². The van der Waals surface area contributed by atoms with Crippen molar-refractivity contribution in [2.24, 2.45) is 0 Å². The van der Waals surface area contributed by atoms with E-state index in [0.29, 0.717) is 32.8 Å². The average molecular weight is 287 g/mol. The lowest BCUT2D eigenvalue weighted by molar-refractivity contribution is -0.140. The van der Waals surface area contributed by atoms with Gasteiger partial charge < -0.3 is 24.6 Å². The number of carbonyl (C=O) groups is 2. The maximum absolute atomic E-state index is 12.2. The van der Waals surface area contributed by atoms with Crippen LogP contribution in [0.15, 0.2) is 0 Å². The molecule has 0 aliphatic carbocycles. The number of nitrogens with one attached hydrogen (secondary N) is 1. The molecule has 116 valence electrons. The first kappa shape index (κ1) is 16.9. The van der Waals surface area contributed by atoms with Crippen LogP contribution in [0.3, 0.4) is 0 Å². The van der Waals surface area contributed by atoms with E-state index in [1.807, 2.05) is 19.0 Å². The van der Waals surface area contributed by atoms with E-state index in [4.69, 9.17) is 9.47 Å². The SMILES string of the molecule is CNC(=O)CC1(OC)COCCN(C(=O)CN(C)C)C1. The molecule has 0 aromatic rings. The summed E-state index contributed by atoms with van der Waals surface area (Å²) in [6.07, 6.45) is 0.172. The molecular formula is C13H25N3O4. The van der Waals surface area contributed by atoms with E-state index in [9.17, 15) is 9.59 Å². The molecule has 20 heavy (non-hydrogen) atoms. The Morgan fingerprint density at radius 1 is 1.45 bits per heavy atom. The molecule has 0 aromatic heterocycles. The van der Waals surface area contributed by atoms with Crippen molar-refractivity contribution < 1.29 is 19.1 Å². The summed E-state index contributed by atoms with van der Waals surface area (Å²) in [4.78, 5) is 27.4. The topological polar surface area (TPSA) is 71.1 Å². The van der Waals surface area contributed by atoms with Gasteiger partial charge in [0.2, 0.25) is 11.8 Å². The molecule has 0 spiro atoms. The fourth-order valence-electron chi connectivity index (χ4n) is 2.17. The zero-order valence-electron chi connectivity index (χ0n) is 12.8. The predicted octanol–water partition coefficient (Wildman–Crippen LogP) is -1.07. The van der Waals surface area contributed by atoms with Crippen LogP contribution in [0.25, 0.3) is 0 Å². The first-order valence-corrected chi connectivity index (χ1v) is 6.68. The third-order valence-electron chi connectivity index (χ3n) is 3.35. The minimum atomic E-state index is -0.779. The zero-order chi connectivity index (χ0) is 15.2. The Bertz CT molecular complexity index is 349. The summed E-state index contributed by atoms with van der Waals surface area (Å²) in [5.41, 5.74) is -0.779. The fourth-order valence-corrected chi connectivity index (χ4v) is 2.17. The molecule has 0 bridgehead atoms. The number of rotatable bonds is 5. The highest BCUT2D eigenvalue weighted by Crippen LogP contribution is 2.21. The summed E-state index contributed by atoms with van der Waals surface area (Å²) >= 11 is 0. The Labute approximate surface area is 120 Å². The number of nitrogens with zero attached hydrogens (tertiary/aromatic N) is 2. The van der Waals surface area contributed by atoms with Gasteiger partial charge in [0.1, 0.15) is 5.60 Å². The van der Waals surface area contributed by atoms with E-state index in [1.54, 1.807) is 19.1 Å². The second kappa shape index (κ2) is 7.56. The number of ether oxygens (including phenoxy) is 2. The summed E-state index contributed by atoms with van der Waals surface area (Å²) in [6, 6.07) is 0. The smallest absolute Gasteiger partial charge is 0.236 e. The second-order valence-electron chi connectivity index (χ2n) is 5.34. The van der Waals surface area contributed by atoms with Gasteiger partial charge in [-0.25, -0.2) is 0 Å². The minimum absolute atomic E-state index is 0.0128. The number of carbonyl (C=O) groups excluding carboxylic acids is 2. The fraction of sp³-hybridized carbons (Fsp3) is 0.846. The molecule has 0 aromatic carbocycles. The zero-order valence-corrected chi connectivity index (χ0v) is 12.8. The normalized spacial score (nSPS) is 23.6. The molecule has 1 N–H and O–H groups in total. The van der Waals surface area contributed by atoms with Gasteiger partial charge >= 0.3 is 0 Å². The van der Waals surface area contributed by atoms with Gasteiger partial charge in [0.05, 0.1) is 32.7 Å². The van der Waals surface area contributed by atoms with Gasteiger partial charge in [-0.2, -0.15) is 0 Å². The molecule has 1 atom stereocenters. The molecule has 0 radical (unpaired) electrons. The van der Waals surface area contributed by atoms with E-state index >= 15 is 0 Å². The largest absolute Gasteiger partial charge is 0.377 e. The van der Waals surface area contributed by atoms with Gasteiger partial charge in [-0.3, -0.25) is 9.59 Å². The number of hydrogen-bond donors (Lipinski definition) is 1. The van der Waals surface area contributed by atoms with Crippen molar-refractivity contribution in [2.75, 3.05) is 61.1 Å². The standard InChI is InChI=1S/C13H25N3O4/c1-14-11(17)7-13(19-4)9-16(5-6-20-10-13)12(18)8-15(2)3/h5-10H2,1-4H3,(H,14,17). The Balaban J connectivity index is 2.79. The molecule has 7 heteroatoms. The Morgan fingerprint density at radius 2 is 2.15 bits per heavy atom. The molecule has 1 aliphatic rings. The van der Waals surface area contributed by atoms with E-state index < -0.39 is 5.60 Å². The molecule has 1 saturated heterocycles. The van der Waals surface area contributed by atoms with Gasteiger partial charge in [0.15, 0.2) is 0 Å². The van der Waals surface area contributed by atoms with Crippen LogP contribution in [-0.4, -0.2) is 88.3 Å². The predicted molar refractivity (Wildman–Crippen MR) is 74.4 cm³/mol. The summed E-state index contributed by atoms with van der Waals surface area (Å²) in [6.45, 7) is 1.98. The lowest BCUT2D eigenvalue weighted by atomic mass is 9.99. The van der Waals surface area contributed by atoms with E-state index in [2.05, 4.69) is 5.32 Å². The minimum Gasteiger partial charge on any atom is -0.377 e. The maximum Gasteiger partial charge on any atom is 0.236 e. The monoisotopic (exact) mass is 287 g/mol. The van der Waals surface area contributed by atoms with Crippen molar-refractivity contribution in [3.63, 3.8) is 0 Å². The highest BCUT2D eigenvalue weighted by atomic mass is 16.5. The van der Waals surface area contributed by atoms with Crippen LogP contribution >= 0.6 is 0 Å². The number of methoxy groups -OCH3 is 1. The molecule has 1 aliphatic heterocycles. The molecule has 1 rings (SSSR count). The van der Waals surface area contributed by atoms with Crippen LogP contribution in [0, 0.1) is 0 Å². The van der Waals surface area contributed by atoms with Gasteiger partial charge in [0, 0.05) is 20.7 Å². The summed E-state index contributed by atoms with van der Waals surface area (Å²) < 4.78 is 11.0. The third-order valence-corrected chi connectivity index (χ3v) is 3.35. The quantitative estimate of drug-likeness (QED) is 0.697. The molecular weight excluding hydrogens is 262 g/mol. The molecule has 7 nitrogen and oxygen atoms in total. The van der Waals surface area contributed by atoms with Gasteiger partial charge in [-0.05, 0) is 14.1 Å². The number of hydrogen-bond acceptors (Lipinski definition) is 5. The average Bonchev–Trinajstić information content (AvgIpc) is 2.61. The van der Waals surface area contributed by atoms with Crippen molar-refractivity contribution in [1.29, 1.82) is 0 Å². The Kier molecular flexibility index (Phi) is 6.38. The van der Waals surface area contributed by atoms with Crippen LogP contribution in [0.5, 0.6) is 0 Å². The summed E-state index contributed by atoms with van der Waals surface area (Å²) in [5, 5.41) is 2.58. The summed E-state index contributed by atoms with van der Waals surface area (Å²) in [7, 11) is 6.82. The lowest BCUT2D eigenvalue weighted by Crippen LogP contribution is -2.51. The maximum atomic E-state index is 12.2. The van der Waals surface area contributed by atoms with Gasteiger partial charge in [0.25, 0.3) is 0 Å². The van der Waals surface area contributed by atoms with Crippen LogP contribution in [0.4, 0.5) is 0 Å². The first-order valence-electron chi connectivity index (χ1n) is 6.68. The van der Waals surface area contributed by atoms with E-state index in [-0.39, 0.29) is 18.2 Å². The molecule has 2 amide bonds. The highest BCUT2D eigenvalue weighted by molar-refractivity contribution is 5.79. The second-order valence-corrected chi connectivity index (χ2v) is 5.34. The third kappa shape index (κ3) is 4.73. The number of likely N-dealkylation sites (N-methyl/N-ethyl adjacent to an activating group) is 1. The summed E-state index contributed by atoms with van der Waals surface area (Å²) in [5.74, 6) is -0.115. The van der Waals surface area contributed by atoms with Crippen molar-refractivity contribution in [2.45, 2.75) is 12.0 Å². The Morgan fingerprint density at radius 3 is 2.70 bits per heavy atom. The lowest BCUT2D eigenvalue weighted by Gasteiger charge is -2.34. The van der Waals surface area contributed by atoms with Crippen molar-refractivity contribution >= 4 is 11.8 Å². The molecule has 0 saturated carbocycles. The molecule has 1 fully saturated rings. The van der Waals surface area contributed by atoms with Crippen molar-refractivity contribution in [3.8, 4) is 0 Å². The van der Waals surface area contributed by atoms with Crippen LogP contribution in [-0.2, 0) is 19.1 Å². The van der Waals surface area contributed by atoms with Crippen molar-refractivity contribution in [1.82, 2.24) is 15.1 Å². The molecule has 1 unspecified atom stereocenters.